The molecule has 6 heteroatoms. The molecule has 6 nitrogen and oxygen atoms in total. The largest absolute Gasteiger partial charge is 0.396 e. The maximum atomic E-state index is 12.1. The maximum absolute atomic E-state index is 12.1. The van der Waals surface area contributed by atoms with Gasteiger partial charge in [0.1, 0.15) is 0 Å². The van der Waals surface area contributed by atoms with E-state index in [-0.39, 0.29) is 18.0 Å². The van der Waals surface area contributed by atoms with E-state index < -0.39 is 0 Å². The Bertz CT molecular complexity index is 483. The summed E-state index contributed by atoms with van der Waals surface area (Å²) in [6.45, 7) is 9.26. The minimum Gasteiger partial charge on any atom is -0.396 e. The Morgan fingerprint density at radius 1 is 1.29 bits per heavy atom. The number of anilines is 2. The predicted molar refractivity (Wildman–Crippen MR) is 85.2 cm³/mol. The van der Waals surface area contributed by atoms with Crippen LogP contribution < -0.4 is 16.0 Å². The maximum Gasteiger partial charge on any atom is 0.237 e. The van der Waals surface area contributed by atoms with Crippen molar-refractivity contribution in [1.82, 2.24) is 15.2 Å². The highest BCUT2D eigenvalue weighted by Crippen LogP contribution is 2.21. The molecule has 3 N–H and O–H groups in total. The summed E-state index contributed by atoms with van der Waals surface area (Å²) in [4.78, 5) is 20.8. The van der Waals surface area contributed by atoms with Crippen molar-refractivity contribution in [3.63, 3.8) is 0 Å². The summed E-state index contributed by atoms with van der Waals surface area (Å²) < 4.78 is 0. The first-order valence-electron chi connectivity index (χ1n) is 7.49. The number of nitrogens with one attached hydrogen (secondary N) is 1. The molecule has 1 unspecified atom stereocenters. The average Bonchev–Trinajstić information content (AvgIpc) is 2.46. The fourth-order valence-electron chi connectivity index (χ4n) is 2.57. The van der Waals surface area contributed by atoms with Gasteiger partial charge in [0.2, 0.25) is 5.91 Å². The van der Waals surface area contributed by atoms with Crippen molar-refractivity contribution >= 4 is 17.4 Å². The molecule has 1 aliphatic heterocycles. The highest BCUT2D eigenvalue weighted by atomic mass is 16.2. The minimum atomic E-state index is -0.101. The Kier molecular flexibility index (Phi) is 5.01. The molecule has 0 saturated carbocycles. The number of hydrogen-bond donors (Lipinski definition) is 2. The summed E-state index contributed by atoms with van der Waals surface area (Å²) >= 11 is 0. The van der Waals surface area contributed by atoms with Crippen molar-refractivity contribution in [2.75, 3.05) is 36.8 Å². The quantitative estimate of drug-likeness (QED) is 0.854. The summed E-state index contributed by atoms with van der Waals surface area (Å²) in [6, 6.07) is 3.78. The number of hydrogen-bond acceptors (Lipinski definition) is 5. The topological polar surface area (TPSA) is 74.5 Å². The van der Waals surface area contributed by atoms with E-state index in [1.807, 2.05) is 32.9 Å². The van der Waals surface area contributed by atoms with E-state index in [0.29, 0.717) is 5.69 Å². The second-order valence-corrected chi connectivity index (χ2v) is 5.78. The molecule has 116 valence electrons. The minimum absolute atomic E-state index is 0.0933. The molecule has 1 aromatic heterocycles. The molecule has 1 amide bonds. The second-order valence-electron chi connectivity index (χ2n) is 5.78. The Morgan fingerprint density at radius 3 is 2.52 bits per heavy atom. The first-order chi connectivity index (χ1) is 9.99. The lowest BCUT2D eigenvalue weighted by atomic mass is 10.2. The number of piperazine rings is 1. The van der Waals surface area contributed by atoms with Crippen LogP contribution in [-0.4, -0.2) is 54.1 Å². The fraction of sp³-hybridized carbons (Fsp3) is 0.600. The van der Waals surface area contributed by atoms with Crippen LogP contribution in [-0.2, 0) is 4.79 Å². The van der Waals surface area contributed by atoms with Gasteiger partial charge in [-0.05, 0) is 32.9 Å². The van der Waals surface area contributed by atoms with Crippen molar-refractivity contribution in [1.29, 1.82) is 0 Å². The number of aromatic nitrogens is 1. The van der Waals surface area contributed by atoms with Gasteiger partial charge in [0.05, 0.1) is 11.7 Å². The summed E-state index contributed by atoms with van der Waals surface area (Å²) in [5.74, 6) is 0.937. The molecule has 2 heterocycles. The fourth-order valence-corrected chi connectivity index (χ4v) is 2.57. The van der Waals surface area contributed by atoms with E-state index >= 15 is 0 Å². The van der Waals surface area contributed by atoms with Gasteiger partial charge in [-0.2, -0.15) is 0 Å². The Labute approximate surface area is 126 Å². The van der Waals surface area contributed by atoms with Crippen LogP contribution in [0.3, 0.4) is 0 Å². The van der Waals surface area contributed by atoms with E-state index in [4.69, 9.17) is 5.73 Å². The van der Waals surface area contributed by atoms with Crippen LogP contribution in [0.15, 0.2) is 18.3 Å². The molecular weight excluding hydrogens is 266 g/mol. The van der Waals surface area contributed by atoms with E-state index in [9.17, 15) is 4.79 Å². The van der Waals surface area contributed by atoms with Gasteiger partial charge in [-0.3, -0.25) is 9.69 Å². The van der Waals surface area contributed by atoms with Gasteiger partial charge in [0.15, 0.2) is 5.82 Å². The van der Waals surface area contributed by atoms with Crippen molar-refractivity contribution in [2.45, 2.75) is 32.9 Å². The molecule has 1 saturated heterocycles. The molecule has 2 rings (SSSR count). The second kappa shape index (κ2) is 6.76. The summed E-state index contributed by atoms with van der Waals surface area (Å²) in [7, 11) is 0. The lowest BCUT2D eigenvalue weighted by Crippen LogP contribution is -2.54. The van der Waals surface area contributed by atoms with Gasteiger partial charge in [0, 0.05) is 38.4 Å². The summed E-state index contributed by atoms with van der Waals surface area (Å²) in [6.07, 6.45) is 1.76. The standard InChI is InChI=1S/C15H25N5O/c1-11(2)18-15(21)12(3)19-7-9-20(10-8-19)14-13(16)5-4-6-17-14/h4-6,11-12H,7-10,16H2,1-3H3,(H,18,21). The molecular formula is C15H25N5O. The molecule has 0 aliphatic carbocycles. The number of carbonyl (C=O) groups is 1. The van der Waals surface area contributed by atoms with Crippen molar-refractivity contribution in [3.8, 4) is 0 Å². The average molecular weight is 291 g/mol. The number of nitrogens with zero attached hydrogens (tertiary/aromatic N) is 3. The van der Waals surface area contributed by atoms with Gasteiger partial charge in [-0.1, -0.05) is 0 Å². The highest BCUT2D eigenvalue weighted by molar-refractivity contribution is 5.81. The van der Waals surface area contributed by atoms with Crippen LogP contribution in [0.25, 0.3) is 0 Å². The zero-order valence-electron chi connectivity index (χ0n) is 13.0. The van der Waals surface area contributed by atoms with Crippen molar-refractivity contribution in [3.05, 3.63) is 18.3 Å². The molecule has 1 aliphatic rings. The third-order valence-corrected chi connectivity index (χ3v) is 3.79. The number of nitrogen functional groups attached to an aromatic ring is 1. The first kappa shape index (κ1) is 15.6. The van der Waals surface area contributed by atoms with E-state index in [1.54, 1.807) is 6.20 Å². The van der Waals surface area contributed by atoms with Crippen LogP contribution in [0.1, 0.15) is 20.8 Å². The molecule has 0 spiro atoms. The van der Waals surface area contributed by atoms with Gasteiger partial charge in [-0.25, -0.2) is 4.98 Å². The van der Waals surface area contributed by atoms with Crippen LogP contribution in [0.4, 0.5) is 11.5 Å². The van der Waals surface area contributed by atoms with Crippen LogP contribution in [0, 0.1) is 0 Å². The molecule has 0 aromatic carbocycles. The van der Waals surface area contributed by atoms with E-state index in [2.05, 4.69) is 20.1 Å². The van der Waals surface area contributed by atoms with E-state index in [0.717, 1.165) is 32.0 Å². The van der Waals surface area contributed by atoms with Crippen molar-refractivity contribution < 1.29 is 4.79 Å². The normalized spacial score (nSPS) is 17.8. The Morgan fingerprint density at radius 2 is 1.95 bits per heavy atom. The van der Waals surface area contributed by atoms with Crippen LogP contribution >= 0.6 is 0 Å². The Hall–Kier alpha value is -1.82. The number of amides is 1. The Balaban J connectivity index is 1.91. The molecule has 1 fully saturated rings. The third kappa shape index (κ3) is 3.85. The molecule has 0 bridgehead atoms. The van der Waals surface area contributed by atoms with Crippen molar-refractivity contribution in [2.24, 2.45) is 0 Å². The number of rotatable bonds is 4. The SMILES string of the molecule is CC(C)NC(=O)C(C)N1CCN(c2ncccc2N)CC1. The van der Waals surface area contributed by atoms with Gasteiger partial charge < -0.3 is 16.0 Å². The summed E-state index contributed by atoms with van der Waals surface area (Å²) in [5, 5.41) is 2.97. The summed E-state index contributed by atoms with van der Waals surface area (Å²) in [5.41, 5.74) is 6.67. The number of pyridine rings is 1. The van der Waals surface area contributed by atoms with Gasteiger partial charge >= 0.3 is 0 Å². The zero-order chi connectivity index (χ0) is 15.4. The van der Waals surface area contributed by atoms with Crippen LogP contribution in [0.5, 0.6) is 0 Å². The van der Waals surface area contributed by atoms with Gasteiger partial charge in [0.25, 0.3) is 0 Å². The first-order valence-corrected chi connectivity index (χ1v) is 7.49. The number of carbonyl (C=O) groups excluding carboxylic acids is 1. The zero-order valence-corrected chi connectivity index (χ0v) is 13.0. The lowest BCUT2D eigenvalue weighted by molar-refractivity contribution is -0.126. The smallest absolute Gasteiger partial charge is 0.237 e. The van der Waals surface area contributed by atoms with E-state index in [1.165, 1.54) is 0 Å². The molecule has 21 heavy (non-hydrogen) atoms. The monoisotopic (exact) mass is 291 g/mol. The molecule has 1 atom stereocenters. The third-order valence-electron chi connectivity index (χ3n) is 3.79. The lowest BCUT2D eigenvalue weighted by Gasteiger charge is -2.38. The number of nitrogens with two attached hydrogens (primary N) is 1. The molecule has 0 radical (unpaired) electrons. The molecule has 1 aromatic rings. The van der Waals surface area contributed by atoms with Gasteiger partial charge in [-0.15, -0.1) is 0 Å². The van der Waals surface area contributed by atoms with Crippen LogP contribution in [0.2, 0.25) is 0 Å². The predicted octanol–water partition coefficient (Wildman–Crippen LogP) is 0.699. The highest BCUT2D eigenvalue weighted by Gasteiger charge is 2.26.